The van der Waals surface area contributed by atoms with Crippen LogP contribution in [0.15, 0.2) is 18.2 Å². The van der Waals surface area contributed by atoms with Crippen molar-refractivity contribution in [3.05, 3.63) is 28.8 Å². The molecule has 84 valence electrons. The van der Waals surface area contributed by atoms with Gasteiger partial charge in [0.25, 0.3) is 0 Å². The highest BCUT2D eigenvalue weighted by molar-refractivity contribution is 6.32. The highest BCUT2D eigenvalue weighted by Gasteiger charge is 2.08. The third kappa shape index (κ3) is 3.40. The van der Waals surface area contributed by atoms with Gasteiger partial charge >= 0.3 is 0 Å². The molecule has 3 heteroatoms. The van der Waals surface area contributed by atoms with Gasteiger partial charge in [0, 0.05) is 6.04 Å². The van der Waals surface area contributed by atoms with Crippen molar-refractivity contribution in [2.24, 2.45) is 5.73 Å². The van der Waals surface area contributed by atoms with Crippen LogP contribution in [0.3, 0.4) is 0 Å². The first-order valence-electron chi connectivity index (χ1n) is 5.26. The summed E-state index contributed by atoms with van der Waals surface area (Å²) in [5, 5.41) is 0.630. The summed E-state index contributed by atoms with van der Waals surface area (Å²) in [7, 11) is 0. The first kappa shape index (κ1) is 12.3. The first-order valence-corrected chi connectivity index (χ1v) is 5.64. The van der Waals surface area contributed by atoms with Crippen LogP contribution in [-0.2, 0) is 0 Å². The van der Waals surface area contributed by atoms with Crippen LogP contribution in [0.25, 0.3) is 0 Å². The molecule has 0 aliphatic rings. The number of ether oxygens (including phenoxy) is 1. The van der Waals surface area contributed by atoms with Crippen molar-refractivity contribution in [3.8, 4) is 5.75 Å². The smallest absolute Gasteiger partial charge is 0.138 e. The largest absolute Gasteiger partial charge is 0.489 e. The minimum Gasteiger partial charge on any atom is -0.489 e. The molecule has 0 amide bonds. The molecule has 15 heavy (non-hydrogen) atoms. The molecule has 0 fully saturated rings. The molecule has 0 aromatic heterocycles. The standard InChI is InChI=1S/C12H18ClNO/c1-4-8(2)15-12-6-5-10(9(3)14)7-11(12)13/h5-9H,4,14H2,1-3H3/t8?,9-/m0/s1. The zero-order valence-electron chi connectivity index (χ0n) is 9.46. The number of benzene rings is 1. The van der Waals surface area contributed by atoms with Crippen molar-refractivity contribution in [3.63, 3.8) is 0 Å². The Hall–Kier alpha value is -0.730. The van der Waals surface area contributed by atoms with Crippen molar-refractivity contribution in [2.75, 3.05) is 0 Å². The molecule has 0 saturated heterocycles. The van der Waals surface area contributed by atoms with Crippen LogP contribution < -0.4 is 10.5 Å². The maximum atomic E-state index is 6.09. The minimum atomic E-state index is 0.000138. The number of hydrogen-bond donors (Lipinski definition) is 1. The van der Waals surface area contributed by atoms with Crippen LogP contribution in [0.1, 0.15) is 38.8 Å². The molecular weight excluding hydrogens is 210 g/mol. The number of nitrogens with two attached hydrogens (primary N) is 1. The summed E-state index contributed by atoms with van der Waals surface area (Å²) in [6.45, 7) is 6.03. The first-order chi connectivity index (χ1) is 7.04. The van der Waals surface area contributed by atoms with E-state index in [4.69, 9.17) is 22.1 Å². The second-order valence-corrected chi connectivity index (χ2v) is 4.22. The summed E-state index contributed by atoms with van der Waals surface area (Å²) in [6, 6.07) is 5.70. The fourth-order valence-corrected chi connectivity index (χ4v) is 1.43. The van der Waals surface area contributed by atoms with Gasteiger partial charge in [-0.25, -0.2) is 0 Å². The predicted molar refractivity (Wildman–Crippen MR) is 64.4 cm³/mol. The van der Waals surface area contributed by atoms with Gasteiger partial charge in [-0.3, -0.25) is 0 Å². The van der Waals surface area contributed by atoms with Gasteiger partial charge < -0.3 is 10.5 Å². The van der Waals surface area contributed by atoms with Gasteiger partial charge in [-0.15, -0.1) is 0 Å². The third-order valence-corrected chi connectivity index (χ3v) is 2.68. The normalized spacial score (nSPS) is 14.7. The number of hydrogen-bond acceptors (Lipinski definition) is 2. The lowest BCUT2D eigenvalue weighted by Crippen LogP contribution is -2.10. The van der Waals surface area contributed by atoms with Gasteiger partial charge in [0.1, 0.15) is 5.75 Å². The van der Waals surface area contributed by atoms with Gasteiger partial charge in [-0.2, -0.15) is 0 Å². The van der Waals surface area contributed by atoms with Crippen LogP contribution >= 0.6 is 11.6 Å². The highest BCUT2D eigenvalue weighted by atomic mass is 35.5. The Morgan fingerprint density at radius 1 is 1.40 bits per heavy atom. The Morgan fingerprint density at radius 3 is 2.53 bits per heavy atom. The van der Waals surface area contributed by atoms with E-state index in [0.29, 0.717) is 5.02 Å². The molecule has 2 nitrogen and oxygen atoms in total. The second kappa shape index (κ2) is 5.38. The zero-order valence-corrected chi connectivity index (χ0v) is 10.2. The Kier molecular flexibility index (Phi) is 4.43. The monoisotopic (exact) mass is 227 g/mol. The molecule has 0 heterocycles. The van der Waals surface area contributed by atoms with E-state index >= 15 is 0 Å². The molecular formula is C12H18ClNO. The molecule has 0 aliphatic carbocycles. The molecule has 1 aromatic carbocycles. The lowest BCUT2D eigenvalue weighted by Gasteiger charge is -2.15. The van der Waals surface area contributed by atoms with Gasteiger partial charge in [-0.1, -0.05) is 24.6 Å². The maximum absolute atomic E-state index is 6.09. The summed E-state index contributed by atoms with van der Waals surface area (Å²) in [5.74, 6) is 0.732. The topological polar surface area (TPSA) is 35.2 Å². The van der Waals surface area contributed by atoms with Crippen LogP contribution in [-0.4, -0.2) is 6.10 Å². The van der Waals surface area contributed by atoms with E-state index in [1.807, 2.05) is 32.0 Å². The van der Waals surface area contributed by atoms with Crippen molar-refractivity contribution in [1.29, 1.82) is 0 Å². The summed E-state index contributed by atoms with van der Waals surface area (Å²) in [5.41, 5.74) is 6.79. The van der Waals surface area contributed by atoms with E-state index in [0.717, 1.165) is 17.7 Å². The minimum absolute atomic E-state index is 0.000138. The average Bonchev–Trinajstić information content (AvgIpc) is 2.20. The van der Waals surface area contributed by atoms with Crippen LogP contribution in [0.5, 0.6) is 5.75 Å². The van der Waals surface area contributed by atoms with E-state index in [2.05, 4.69) is 6.92 Å². The van der Waals surface area contributed by atoms with Crippen molar-refractivity contribution in [2.45, 2.75) is 39.3 Å². The highest BCUT2D eigenvalue weighted by Crippen LogP contribution is 2.28. The molecule has 0 bridgehead atoms. The Morgan fingerprint density at radius 2 is 2.07 bits per heavy atom. The Balaban J connectivity index is 2.83. The van der Waals surface area contributed by atoms with Crippen molar-refractivity contribution < 1.29 is 4.74 Å². The third-order valence-electron chi connectivity index (χ3n) is 2.38. The molecule has 0 aliphatic heterocycles. The average molecular weight is 228 g/mol. The molecule has 1 rings (SSSR count). The van der Waals surface area contributed by atoms with Crippen molar-refractivity contribution in [1.82, 2.24) is 0 Å². The van der Waals surface area contributed by atoms with Gasteiger partial charge in [0.2, 0.25) is 0 Å². The quantitative estimate of drug-likeness (QED) is 0.854. The Bertz CT molecular complexity index is 325. The van der Waals surface area contributed by atoms with E-state index < -0.39 is 0 Å². The lowest BCUT2D eigenvalue weighted by atomic mass is 10.1. The van der Waals surface area contributed by atoms with Crippen LogP contribution in [0.2, 0.25) is 5.02 Å². The fraction of sp³-hybridized carbons (Fsp3) is 0.500. The molecule has 1 unspecified atom stereocenters. The molecule has 2 N–H and O–H groups in total. The zero-order chi connectivity index (χ0) is 11.4. The predicted octanol–water partition coefficient (Wildman–Crippen LogP) is 3.54. The summed E-state index contributed by atoms with van der Waals surface area (Å²) in [4.78, 5) is 0. The molecule has 1 aromatic rings. The van der Waals surface area contributed by atoms with Crippen LogP contribution in [0, 0.1) is 0 Å². The number of rotatable bonds is 4. The maximum Gasteiger partial charge on any atom is 0.138 e. The molecule has 0 radical (unpaired) electrons. The summed E-state index contributed by atoms with van der Waals surface area (Å²) < 4.78 is 5.66. The second-order valence-electron chi connectivity index (χ2n) is 3.82. The van der Waals surface area contributed by atoms with E-state index in [1.54, 1.807) is 0 Å². The van der Waals surface area contributed by atoms with Crippen molar-refractivity contribution >= 4 is 11.6 Å². The van der Waals surface area contributed by atoms with E-state index in [-0.39, 0.29) is 12.1 Å². The summed E-state index contributed by atoms with van der Waals surface area (Å²) >= 11 is 6.09. The number of halogens is 1. The molecule has 2 atom stereocenters. The van der Waals surface area contributed by atoms with Gasteiger partial charge in [0.05, 0.1) is 11.1 Å². The van der Waals surface area contributed by atoms with Crippen LogP contribution in [0.4, 0.5) is 0 Å². The molecule has 0 saturated carbocycles. The molecule has 0 spiro atoms. The fourth-order valence-electron chi connectivity index (χ4n) is 1.20. The van der Waals surface area contributed by atoms with Gasteiger partial charge in [0.15, 0.2) is 0 Å². The SMILES string of the molecule is CCC(C)Oc1ccc([C@H](C)N)cc1Cl. The lowest BCUT2D eigenvalue weighted by molar-refractivity contribution is 0.217. The summed E-state index contributed by atoms with van der Waals surface area (Å²) in [6.07, 6.45) is 1.15. The van der Waals surface area contributed by atoms with E-state index in [1.165, 1.54) is 0 Å². The Labute approximate surface area is 96.4 Å². The van der Waals surface area contributed by atoms with Gasteiger partial charge in [-0.05, 0) is 38.0 Å². The van der Waals surface area contributed by atoms with E-state index in [9.17, 15) is 0 Å².